The third kappa shape index (κ3) is 3.48. The minimum Gasteiger partial charge on any atom is -0.338 e. The number of benzene rings is 1. The van der Waals surface area contributed by atoms with Crippen LogP contribution in [0.3, 0.4) is 0 Å². The van der Waals surface area contributed by atoms with Gasteiger partial charge in [-0.05, 0) is 25.1 Å². The molecule has 6 nitrogen and oxygen atoms in total. The summed E-state index contributed by atoms with van der Waals surface area (Å²) in [6.45, 7) is 6.77. The van der Waals surface area contributed by atoms with Gasteiger partial charge in [0.2, 0.25) is 5.89 Å². The van der Waals surface area contributed by atoms with Crippen molar-refractivity contribution in [3.05, 3.63) is 60.0 Å². The zero-order valence-electron chi connectivity index (χ0n) is 13.6. The number of hydrogen-bond donors (Lipinski definition) is 1. The molecule has 0 spiro atoms. The van der Waals surface area contributed by atoms with Gasteiger partial charge in [0.15, 0.2) is 5.82 Å². The van der Waals surface area contributed by atoms with Crippen molar-refractivity contribution >= 4 is 0 Å². The van der Waals surface area contributed by atoms with Gasteiger partial charge in [0.05, 0.1) is 17.4 Å². The van der Waals surface area contributed by atoms with Crippen LogP contribution >= 0.6 is 0 Å². The molecular weight excluding hydrogens is 290 g/mol. The molecule has 3 rings (SSSR count). The number of rotatable bonds is 6. The Morgan fingerprint density at radius 2 is 1.91 bits per heavy atom. The molecule has 0 aliphatic rings. The summed E-state index contributed by atoms with van der Waals surface area (Å²) in [5.74, 6) is 1.61. The first-order valence-corrected chi connectivity index (χ1v) is 7.80. The fourth-order valence-corrected chi connectivity index (χ4v) is 2.27. The Morgan fingerprint density at radius 1 is 1.13 bits per heavy atom. The molecule has 1 atom stereocenters. The molecule has 0 saturated carbocycles. The average molecular weight is 311 g/mol. The van der Waals surface area contributed by atoms with E-state index in [4.69, 9.17) is 4.52 Å². The fraction of sp³-hybridized carbons (Fsp3) is 0.353. The first-order chi connectivity index (χ1) is 11.1. The summed E-state index contributed by atoms with van der Waals surface area (Å²) in [6, 6.07) is 12.1. The van der Waals surface area contributed by atoms with Crippen LogP contribution in [0.25, 0.3) is 5.69 Å². The Morgan fingerprint density at radius 3 is 2.61 bits per heavy atom. The molecular formula is C17H21N5O. The van der Waals surface area contributed by atoms with Crippen molar-refractivity contribution in [1.29, 1.82) is 0 Å². The topological polar surface area (TPSA) is 68.8 Å². The normalized spacial score (nSPS) is 12.7. The van der Waals surface area contributed by atoms with E-state index >= 15 is 0 Å². The summed E-state index contributed by atoms with van der Waals surface area (Å²) in [5, 5.41) is 11.8. The smallest absolute Gasteiger partial charge is 0.243 e. The Labute approximate surface area is 135 Å². The van der Waals surface area contributed by atoms with Gasteiger partial charge in [-0.3, -0.25) is 0 Å². The highest BCUT2D eigenvalue weighted by Crippen LogP contribution is 2.16. The second kappa shape index (κ2) is 6.75. The first-order valence-electron chi connectivity index (χ1n) is 7.80. The minimum atomic E-state index is -0.0193. The first kappa shape index (κ1) is 15.4. The maximum Gasteiger partial charge on any atom is 0.243 e. The summed E-state index contributed by atoms with van der Waals surface area (Å²) in [6.07, 6.45) is 1.80. The lowest BCUT2D eigenvalue weighted by atomic mass is 10.2. The molecule has 0 saturated heterocycles. The summed E-state index contributed by atoms with van der Waals surface area (Å²) >= 11 is 0. The summed E-state index contributed by atoms with van der Waals surface area (Å²) in [7, 11) is 0. The van der Waals surface area contributed by atoms with Crippen LogP contribution in [0.4, 0.5) is 0 Å². The molecule has 1 unspecified atom stereocenters. The molecule has 0 radical (unpaired) electrons. The Bertz CT molecular complexity index is 747. The molecule has 1 aromatic carbocycles. The molecule has 23 heavy (non-hydrogen) atoms. The lowest BCUT2D eigenvalue weighted by Crippen LogP contribution is -2.20. The molecule has 6 heteroatoms. The van der Waals surface area contributed by atoms with Crippen LogP contribution in [0.15, 0.2) is 47.1 Å². The SMILES string of the molecule is CC(C)c1noc(C(C)NCc2ccnn2-c2ccccc2)n1. The standard InChI is InChI=1S/C17H21N5O/c1-12(2)16-20-17(23-21-16)13(3)18-11-15-9-10-19-22(15)14-7-5-4-6-8-14/h4-10,12-13,18H,11H2,1-3H3. The predicted molar refractivity (Wildman–Crippen MR) is 87.2 cm³/mol. The number of nitrogens with zero attached hydrogens (tertiary/aromatic N) is 4. The zero-order valence-corrected chi connectivity index (χ0v) is 13.6. The maximum atomic E-state index is 5.33. The second-order valence-electron chi connectivity index (χ2n) is 5.82. The van der Waals surface area contributed by atoms with Gasteiger partial charge in [-0.15, -0.1) is 0 Å². The van der Waals surface area contributed by atoms with E-state index in [9.17, 15) is 0 Å². The molecule has 2 aromatic heterocycles. The van der Waals surface area contributed by atoms with Crippen molar-refractivity contribution in [2.45, 2.75) is 39.3 Å². The van der Waals surface area contributed by atoms with E-state index in [1.165, 1.54) is 0 Å². The largest absolute Gasteiger partial charge is 0.338 e. The van der Waals surface area contributed by atoms with E-state index in [0.29, 0.717) is 12.4 Å². The van der Waals surface area contributed by atoms with E-state index in [2.05, 4.69) is 20.6 Å². The van der Waals surface area contributed by atoms with Crippen LogP contribution in [-0.2, 0) is 6.54 Å². The van der Waals surface area contributed by atoms with Crippen LogP contribution in [0.2, 0.25) is 0 Å². The maximum absolute atomic E-state index is 5.33. The van der Waals surface area contributed by atoms with Gasteiger partial charge in [-0.25, -0.2) is 4.68 Å². The van der Waals surface area contributed by atoms with E-state index in [1.807, 2.05) is 61.9 Å². The Balaban J connectivity index is 1.68. The lowest BCUT2D eigenvalue weighted by Gasteiger charge is -2.11. The molecule has 0 aliphatic carbocycles. The van der Waals surface area contributed by atoms with Crippen molar-refractivity contribution in [2.75, 3.05) is 0 Å². The Kier molecular flexibility index (Phi) is 4.52. The van der Waals surface area contributed by atoms with Gasteiger partial charge in [0.25, 0.3) is 0 Å². The summed E-state index contributed by atoms with van der Waals surface area (Å²) in [4.78, 5) is 4.43. The summed E-state index contributed by atoms with van der Waals surface area (Å²) in [5.41, 5.74) is 2.12. The van der Waals surface area contributed by atoms with Crippen LogP contribution in [0, 0.1) is 0 Å². The Hall–Kier alpha value is -2.47. The van der Waals surface area contributed by atoms with E-state index in [0.717, 1.165) is 17.2 Å². The average Bonchev–Trinajstić information content (AvgIpc) is 3.22. The van der Waals surface area contributed by atoms with E-state index in [-0.39, 0.29) is 12.0 Å². The zero-order chi connectivity index (χ0) is 16.2. The summed E-state index contributed by atoms with van der Waals surface area (Å²) < 4.78 is 7.25. The number of hydrogen-bond acceptors (Lipinski definition) is 5. The molecule has 2 heterocycles. The highest BCUT2D eigenvalue weighted by molar-refractivity contribution is 5.32. The van der Waals surface area contributed by atoms with Gasteiger partial charge in [0, 0.05) is 18.7 Å². The predicted octanol–water partition coefficient (Wildman–Crippen LogP) is 3.23. The van der Waals surface area contributed by atoms with Gasteiger partial charge < -0.3 is 9.84 Å². The minimum absolute atomic E-state index is 0.0193. The van der Waals surface area contributed by atoms with E-state index in [1.54, 1.807) is 6.20 Å². The van der Waals surface area contributed by atoms with Gasteiger partial charge in [0.1, 0.15) is 0 Å². The molecule has 0 aliphatic heterocycles. The highest BCUT2D eigenvalue weighted by Gasteiger charge is 2.16. The molecule has 0 bridgehead atoms. The molecule has 3 aromatic rings. The van der Waals surface area contributed by atoms with Crippen molar-refractivity contribution in [2.24, 2.45) is 0 Å². The third-order valence-corrected chi connectivity index (χ3v) is 3.66. The molecule has 0 amide bonds. The number of para-hydroxylation sites is 1. The van der Waals surface area contributed by atoms with Crippen molar-refractivity contribution in [3.63, 3.8) is 0 Å². The van der Waals surface area contributed by atoms with Gasteiger partial charge >= 0.3 is 0 Å². The van der Waals surface area contributed by atoms with Crippen LogP contribution in [0.5, 0.6) is 0 Å². The molecule has 0 fully saturated rings. The number of aromatic nitrogens is 4. The van der Waals surface area contributed by atoms with Gasteiger partial charge in [-0.2, -0.15) is 10.1 Å². The van der Waals surface area contributed by atoms with Crippen LogP contribution in [0.1, 0.15) is 50.1 Å². The monoisotopic (exact) mass is 311 g/mol. The quantitative estimate of drug-likeness (QED) is 0.757. The third-order valence-electron chi connectivity index (χ3n) is 3.66. The lowest BCUT2D eigenvalue weighted by molar-refractivity contribution is 0.334. The molecule has 1 N–H and O–H groups in total. The van der Waals surface area contributed by atoms with Crippen molar-refractivity contribution in [3.8, 4) is 5.69 Å². The van der Waals surface area contributed by atoms with Crippen LogP contribution in [-0.4, -0.2) is 19.9 Å². The fourth-order valence-electron chi connectivity index (χ4n) is 2.27. The van der Waals surface area contributed by atoms with Crippen molar-refractivity contribution < 1.29 is 4.52 Å². The second-order valence-corrected chi connectivity index (χ2v) is 5.82. The highest BCUT2D eigenvalue weighted by atomic mass is 16.5. The number of nitrogens with one attached hydrogen (secondary N) is 1. The van der Waals surface area contributed by atoms with E-state index < -0.39 is 0 Å². The van der Waals surface area contributed by atoms with Crippen molar-refractivity contribution in [1.82, 2.24) is 25.2 Å². The van der Waals surface area contributed by atoms with Gasteiger partial charge in [-0.1, -0.05) is 37.2 Å². The van der Waals surface area contributed by atoms with Crippen LogP contribution < -0.4 is 5.32 Å². The molecule has 120 valence electrons.